The van der Waals surface area contributed by atoms with Gasteiger partial charge < -0.3 is 15.5 Å². The van der Waals surface area contributed by atoms with Crippen LogP contribution in [0.2, 0.25) is 0 Å². The van der Waals surface area contributed by atoms with E-state index >= 15 is 0 Å². The Kier molecular flexibility index (Phi) is 6.23. The van der Waals surface area contributed by atoms with Gasteiger partial charge in [0.05, 0.1) is 0 Å². The Hall–Kier alpha value is -2.04. The zero-order valence-corrected chi connectivity index (χ0v) is 15.0. The average molecular weight is 331 g/mol. The topological polar surface area (TPSA) is 61.4 Å². The molecule has 3 amide bonds. The second kappa shape index (κ2) is 8.18. The number of carbonyl (C=O) groups is 2. The number of nitrogens with one attached hydrogen (secondary N) is 2. The van der Waals surface area contributed by atoms with Gasteiger partial charge in [0.25, 0.3) is 0 Å². The SMILES string of the molecule is CCC(C)(CC)NC(=O)NCc1cccc(CN2CCCC2=O)c1. The molecule has 2 N–H and O–H groups in total. The van der Waals surface area contributed by atoms with Gasteiger partial charge in [-0.1, -0.05) is 38.1 Å². The first-order chi connectivity index (χ1) is 11.5. The summed E-state index contributed by atoms with van der Waals surface area (Å²) in [5, 5.41) is 5.96. The van der Waals surface area contributed by atoms with Crippen LogP contribution in [0, 0.1) is 0 Å². The number of hydrogen-bond donors (Lipinski definition) is 2. The van der Waals surface area contributed by atoms with E-state index in [0.29, 0.717) is 19.5 Å². The number of carbonyl (C=O) groups excluding carboxylic acids is 2. The third-order valence-corrected chi connectivity index (χ3v) is 4.97. The lowest BCUT2D eigenvalue weighted by atomic mass is 9.96. The van der Waals surface area contributed by atoms with Crippen LogP contribution >= 0.6 is 0 Å². The van der Waals surface area contributed by atoms with Gasteiger partial charge in [-0.25, -0.2) is 4.79 Å². The molecule has 1 fully saturated rings. The molecule has 0 unspecified atom stereocenters. The number of urea groups is 1. The molecule has 0 saturated carbocycles. The monoisotopic (exact) mass is 331 g/mol. The summed E-state index contributed by atoms with van der Waals surface area (Å²) in [5.74, 6) is 0.233. The number of hydrogen-bond acceptors (Lipinski definition) is 2. The van der Waals surface area contributed by atoms with Crippen molar-refractivity contribution >= 4 is 11.9 Å². The molecule has 0 radical (unpaired) electrons. The fourth-order valence-corrected chi connectivity index (χ4v) is 2.86. The second-order valence-electron chi connectivity index (χ2n) is 6.81. The van der Waals surface area contributed by atoms with E-state index < -0.39 is 0 Å². The fraction of sp³-hybridized carbons (Fsp3) is 0.579. The van der Waals surface area contributed by atoms with Crippen LogP contribution in [-0.4, -0.2) is 28.9 Å². The summed E-state index contributed by atoms with van der Waals surface area (Å²) in [4.78, 5) is 25.7. The molecular formula is C19H29N3O2. The van der Waals surface area contributed by atoms with Crippen molar-refractivity contribution < 1.29 is 9.59 Å². The van der Waals surface area contributed by atoms with Crippen LogP contribution in [0.3, 0.4) is 0 Å². The zero-order chi connectivity index (χ0) is 17.6. The molecular weight excluding hydrogens is 302 g/mol. The first kappa shape index (κ1) is 18.3. The summed E-state index contributed by atoms with van der Waals surface area (Å²) in [5.41, 5.74) is 1.99. The predicted octanol–water partition coefficient (Wildman–Crippen LogP) is 3.19. The van der Waals surface area contributed by atoms with E-state index in [1.807, 2.05) is 23.1 Å². The Balaban J connectivity index is 1.88. The third-order valence-electron chi connectivity index (χ3n) is 4.97. The maximum atomic E-state index is 12.1. The maximum Gasteiger partial charge on any atom is 0.315 e. The van der Waals surface area contributed by atoms with Gasteiger partial charge >= 0.3 is 6.03 Å². The Labute approximate surface area is 144 Å². The van der Waals surface area contributed by atoms with Crippen molar-refractivity contribution in [1.82, 2.24) is 15.5 Å². The average Bonchev–Trinajstić information content (AvgIpc) is 2.98. The largest absolute Gasteiger partial charge is 0.338 e. The minimum atomic E-state index is -0.165. The summed E-state index contributed by atoms with van der Waals surface area (Å²) in [6, 6.07) is 7.92. The molecule has 5 heteroatoms. The quantitative estimate of drug-likeness (QED) is 0.806. The standard InChI is InChI=1S/C19H29N3O2/c1-4-19(3,5-2)21-18(24)20-13-15-8-6-9-16(12-15)14-22-11-7-10-17(22)23/h6,8-9,12H,4-5,7,10-11,13-14H2,1-3H3,(H2,20,21,24). The molecule has 1 aromatic carbocycles. The normalized spacial score (nSPS) is 14.8. The van der Waals surface area contributed by atoms with Crippen molar-refractivity contribution in [3.63, 3.8) is 0 Å². The Morgan fingerprint density at radius 3 is 2.58 bits per heavy atom. The van der Waals surface area contributed by atoms with Gasteiger partial charge in [0.2, 0.25) is 5.91 Å². The highest BCUT2D eigenvalue weighted by molar-refractivity contribution is 5.78. The minimum absolute atomic E-state index is 0.138. The second-order valence-corrected chi connectivity index (χ2v) is 6.81. The van der Waals surface area contributed by atoms with E-state index in [1.54, 1.807) is 0 Å². The van der Waals surface area contributed by atoms with Gasteiger partial charge in [-0.05, 0) is 37.3 Å². The van der Waals surface area contributed by atoms with Gasteiger partial charge in [0.1, 0.15) is 0 Å². The molecule has 0 spiro atoms. The molecule has 1 aromatic rings. The third kappa shape index (κ3) is 4.98. The summed E-state index contributed by atoms with van der Waals surface area (Å²) in [6.07, 6.45) is 3.41. The van der Waals surface area contributed by atoms with E-state index in [9.17, 15) is 9.59 Å². The van der Waals surface area contributed by atoms with E-state index in [2.05, 4.69) is 37.5 Å². The molecule has 0 aromatic heterocycles. The summed E-state index contributed by atoms with van der Waals surface area (Å²) >= 11 is 0. The highest BCUT2D eigenvalue weighted by Gasteiger charge is 2.22. The van der Waals surface area contributed by atoms with Crippen LogP contribution in [0.25, 0.3) is 0 Å². The molecule has 0 atom stereocenters. The smallest absolute Gasteiger partial charge is 0.315 e. The summed E-state index contributed by atoms with van der Waals surface area (Å²) in [6.45, 7) is 8.19. The van der Waals surface area contributed by atoms with Crippen molar-refractivity contribution in [3.8, 4) is 0 Å². The van der Waals surface area contributed by atoms with Gasteiger partial charge in [0.15, 0.2) is 0 Å². The molecule has 1 saturated heterocycles. The lowest BCUT2D eigenvalue weighted by Gasteiger charge is -2.28. The van der Waals surface area contributed by atoms with Crippen LogP contribution in [-0.2, 0) is 17.9 Å². The van der Waals surface area contributed by atoms with E-state index in [1.165, 1.54) is 0 Å². The lowest BCUT2D eigenvalue weighted by Crippen LogP contribution is -2.49. The first-order valence-corrected chi connectivity index (χ1v) is 8.87. The van der Waals surface area contributed by atoms with Crippen LogP contribution < -0.4 is 10.6 Å². The minimum Gasteiger partial charge on any atom is -0.338 e. The van der Waals surface area contributed by atoms with Crippen molar-refractivity contribution in [1.29, 1.82) is 0 Å². The Morgan fingerprint density at radius 1 is 1.25 bits per heavy atom. The van der Waals surface area contributed by atoms with Gasteiger partial charge in [-0.2, -0.15) is 0 Å². The van der Waals surface area contributed by atoms with Crippen molar-refractivity contribution in [3.05, 3.63) is 35.4 Å². The molecule has 0 bridgehead atoms. The van der Waals surface area contributed by atoms with Crippen molar-refractivity contribution in [2.24, 2.45) is 0 Å². The molecule has 0 aliphatic carbocycles. The maximum absolute atomic E-state index is 12.1. The van der Waals surface area contributed by atoms with Crippen LogP contribution in [0.5, 0.6) is 0 Å². The Morgan fingerprint density at radius 2 is 1.96 bits per heavy atom. The van der Waals surface area contributed by atoms with Crippen molar-refractivity contribution in [2.45, 2.75) is 65.1 Å². The molecule has 5 nitrogen and oxygen atoms in total. The van der Waals surface area contributed by atoms with E-state index in [-0.39, 0.29) is 17.5 Å². The van der Waals surface area contributed by atoms with Gasteiger partial charge in [-0.3, -0.25) is 4.79 Å². The number of likely N-dealkylation sites (tertiary alicyclic amines) is 1. The number of amides is 3. The number of nitrogens with zero attached hydrogens (tertiary/aromatic N) is 1. The number of rotatable bonds is 7. The molecule has 132 valence electrons. The molecule has 1 heterocycles. The predicted molar refractivity (Wildman–Crippen MR) is 95.5 cm³/mol. The molecule has 1 aliphatic heterocycles. The van der Waals surface area contributed by atoms with Crippen molar-refractivity contribution in [2.75, 3.05) is 6.54 Å². The van der Waals surface area contributed by atoms with Crippen LogP contribution in [0.15, 0.2) is 24.3 Å². The molecule has 24 heavy (non-hydrogen) atoms. The lowest BCUT2D eigenvalue weighted by molar-refractivity contribution is -0.128. The van der Waals surface area contributed by atoms with Crippen LogP contribution in [0.4, 0.5) is 4.79 Å². The Bertz CT molecular complexity index is 582. The van der Waals surface area contributed by atoms with E-state index in [4.69, 9.17) is 0 Å². The summed E-state index contributed by atoms with van der Waals surface area (Å²) < 4.78 is 0. The molecule has 1 aliphatic rings. The van der Waals surface area contributed by atoms with Crippen LogP contribution in [0.1, 0.15) is 57.6 Å². The molecule has 2 rings (SSSR count). The van der Waals surface area contributed by atoms with Gasteiger partial charge in [0, 0.05) is 31.6 Å². The highest BCUT2D eigenvalue weighted by Crippen LogP contribution is 2.15. The summed E-state index contributed by atoms with van der Waals surface area (Å²) in [7, 11) is 0. The van der Waals surface area contributed by atoms with Gasteiger partial charge in [-0.15, -0.1) is 0 Å². The number of benzene rings is 1. The first-order valence-electron chi connectivity index (χ1n) is 8.87. The zero-order valence-electron chi connectivity index (χ0n) is 15.0. The van der Waals surface area contributed by atoms with E-state index in [0.717, 1.165) is 36.9 Å². The highest BCUT2D eigenvalue weighted by atomic mass is 16.2. The fourth-order valence-electron chi connectivity index (χ4n) is 2.86.